The highest BCUT2D eigenvalue weighted by Gasteiger charge is 2.09. The molecular formula is C17H13N5O4. The van der Waals surface area contributed by atoms with E-state index in [9.17, 15) is 14.4 Å². The number of hydrogen-bond acceptors (Lipinski definition) is 6. The van der Waals surface area contributed by atoms with Crippen molar-refractivity contribution in [3.63, 3.8) is 0 Å². The van der Waals surface area contributed by atoms with Gasteiger partial charge in [-0.3, -0.25) is 14.6 Å². The number of H-pyrrole nitrogens is 1. The lowest BCUT2D eigenvalue weighted by Gasteiger charge is -2.06. The molecule has 0 fully saturated rings. The lowest BCUT2D eigenvalue weighted by molar-refractivity contribution is -0.116. The Kier molecular flexibility index (Phi) is 3.81. The second-order valence-corrected chi connectivity index (χ2v) is 5.66. The van der Waals surface area contributed by atoms with Crippen LogP contribution < -0.4 is 16.6 Å². The number of aryl methyl sites for hydroxylation is 1. The zero-order valence-corrected chi connectivity index (χ0v) is 13.4. The fraction of sp³-hybridized carbons (Fsp3) is 0.118. The largest absolute Gasteiger partial charge is 0.417 e. The quantitative estimate of drug-likeness (QED) is 0.570. The molecule has 9 nitrogen and oxygen atoms in total. The fourth-order valence-electron chi connectivity index (χ4n) is 2.63. The SMILES string of the molecule is O=C(CCn1nnc2ccccc2c1=O)Nc1ccc2oc(=O)[nH]c2c1. The standard InChI is InChI=1S/C17H13N5O4/c23-15(18-10-5-6-14-13(9-10)19-17(25)26-14)7-8-22-16(24)11-3-1-2-4-12(11)20-21-22/h1-6,9H,7-8H2,(H,18,23)(H,19,25). The van der Waals surface area contributed by atoms with Crippen LogP contribution in [-0.2, 0) is 11.3 Å². The van der Waals surface area contributed by atoms with Gasteiger partial charge in [0.05, 0.1) is 17.4 Å². The van der Waals surface area contributed by atoms with E-state index in [4.69, 9.17) is 4.42 Å². The van der Waals surface area contributed by atoms with Gasteiger partial charge in [0, 0.05) is 12.1 Å². The second kappa shape index (κ2) is 6.28. The van der Waals surface area contributed by atoms with Gasteiger partial charge < -0.3 is 9.73 Å². The van der Waals surface area contributed by atoms with Crippen molar-refractivity contribution in [2.45, 2.75) is 13.0 Å². The normalized spacial score (nSPS) is 11.1. The summed E-state index contributed by atoms with van der Waals surface area (Å²) in [6, 6.07) is 11.7. The van der Waals surface area contributed by atoms with Crippen molar-refractivity contribution >= 4 is 33.6 Å². The van der Waals surface area contributed by atoms with E-state index in [0.717, 1.165) is 0 Å². The summed E-state index contributed by atoms with van der Waals surface area (Å²) < 4.78 is 6.07. The summed E-state index contributed by atoms with van der Waals surface area (Å²) >= 11 is 0. The van der Waals surface area contributed by atoms with Crippen LogP contribution >= 0.6 is 0 Å². The molecule has 9 heteroatoms. The molecule has 2 N–H and O–H groups in total. The summed E-state index contributed by atoms with van der Waals surface area (Å²) in [5.74, 6) is -0.852. The second-order valence-electron chi connectivity index (χ2n) is 5.66. The maximum absolute atomic E-state index is 12.3. The number of hydrogen-bond donors (Lipinski definition) is 2. The van der Waals surface area contributed by atoms with E-state index in [0.29, 0.717) is 27.7 Å². The number of fused-ring (bicyclic) bond motifs is 2. The van der Waals surface area contributed by atoms with Crippen molar-refractivity contribution in [1.29, 1.82) is 0 Å². The Labute approximate surface area is 145 Å². The van der Waals surface area contributed by atoms with Gasteiger partial charge in [0.1, 0.15) is 5.52 Å². The highest BCUT2D eigenvalue weighted by Crippen LogP contribution is 2.16. The highest BCUT2D eigenvalue weighted by molar-refractivity contribution is 5.92. The molecule has 26 heavy (non-hydrogen) atoms. The van der Waals surface area contributed by atoms with E-state index in [2.05, 4.69) is 20.6 Å². The molecule has 0 bridgehead atoms. The Morgan fingerprint density at radius 3 is 2.92 bits per heavy atom. The zero-order chi connectivity index (χ0) is 18.1. The van der Waals surface area contributed by atoms with E-state index >= 15 is 0 Å². The molecular weight excluding hydrogens is 338 g/mol. The van der Waals surface area contributed by atoms with Gasteiger partial charge in [0.2, 0.25) is 5.91 Å². The highest BCUT2D eigenvalue weighted by atomic mass is 16.4. The summed E-state index contributed by atoms with van der Waals surface area (Å²) in [7, 11) is 0. The summed E-state index contributed by atoms with van der Waals surface area (Å²) in [5, 5.41) is 11.0. The van der Waals surface area contributed by atoms with Crippen LogP contribution in [-0.4, -0.2) is 25.9 Å². The van der Waals surface area contributed by atoms with Crippen molar-refractivity contribution in [2.75, 3.05) is 5.32 Å². The molecule has 0 aliphatic carbocycles. The van der Waals surface area contributed by atoms with Crippen molar-refractivity contribution in [3.8, 4) is 0 Å². The Balaban J connectivity index is 1.47. The van der Waals surface area contributed by atoms with Gasteiger partial charge in [0.15, 0.2) is 5.58 Å². The number of rotatable bonds is 4. The molecule has 130 valence electrons. The van der Waals surface area contributed by atoms with E-state index in [-0.39, 0.29) is 24.4 Å². The summed E-state index contributed by atoms with van der Waals surface area (Å²) in [5.41, 5.74) is 1.63. The molecule has 0 unspecified atom stereocenters. The third-order valence-electron chi connectivity index (χ3n) is 3.88. The first kappa shape index (κ1) is 15.8. The number of nitrogens with zero attached hydrogens (tertiary/aromatic N) is 3. The van der Waals surface area contributed by atoms with Crippen LogP contribution in [0.2, 0.25) is 0 Å². The molecule has 0 aliphatic rings. The first-order chi connectivity index (χ1) is 12.6. The lowest BCUT2D eigenvalue weighted by Crippen LogP contribution is -2.26. The molecule has 1 amide bonds. The minimum atomic E-state index is -0.558. The molecule has 0 atom stereocenters. The Bertz CT molecular complexity index is 1240. The number of oxazole rings is 1. The van der Waals surface area contributed by atoms with Crippen molar-refractivity contribution < 1.29 is 9.21 Å². The van der Waals surface area contributed by atoms with E-state index in [1.807, 2.05) is 0 Å². The van der Waals surface area contributed by atoms with Crippen LogP contribution in [0.15, 0.2) is 56.5 Å². The predicted molar refractivity (Wildman–Crippen MR) is 93.9 cm³/mol. The number of nitrogens with one attached hydrogen (secondary N) is 2. The number of benzene rings is 2. The summed E-state index contributed by atoms with van der Waals surface area (Å²) in [6.07, 6.45) is 0.0485. The molecule has 0 aliphatic heterocycles. The number of carbonyl (C=O) groups is 1. The smallest absolute Gasteiger partial charge is 0.408 e. The van der Waals surface area contributed by atoms with Crippen molar-refractivity contribution in [3.05, 3.63) is 63.4 Å². The van der Waals surface area contributed by atoms with Gasteiger partial charge in [-0.2, -0.15) is 0 Å². The Hall–Kier alpha value is -3.75. The third kappa shape index (κ3) is 2.97. The van der Waals surface area contributed by atoms with E-state index in [1.165, 1.54) is 4.68 Å². The van der Waals surface area contributed by atoms with Crippen molar-refractivity contribution in [2.24, 2.45) is 0 Å². The molecule has 4 aromatic rings. The minimum absolute atomic E-state index is 0.0485. The minimum Gasteiger partial charge on any atom is -0.408 e. The van der Waals surface area contributed by atoms with Gasteiger partial charge in [-0.1, -0.05) is 17.3 Å². The Morgan fingerprint density at radius 2 is 2.04 bits per heavy atom. The average molecular weight is 351 g/mol. The van der Waals surface area contributed by atoms with Gasteiger partial charge in [0.25, 0.3) is 5.56 Å². The number of aromatic amines is 1. The van der Waals surface area contributed by atoms with E-state index in [1.54, 1.807) is 42.5 Å². The predicted octanol–water partition coefficient (Wildman–Crippen LogP) is 1.25. The van der Waals surface area contributed by atoms with Gasteiger partial charge >= 0.3 is 5.76 Å². The zero-order valence-electron chi connectivity index (χ0n) is 13.4. The van der Waals surface area contributed by atoms with Crippen LogP contribution in [0.5, 0.6) is 0 Å². The van der Waals surface area contributed by atoms with Crippen LogP contribution in [0.25, 0.3) is 22.0 Å². The molecule has 2 aromatic carbocycles. The molecule has 0 spiro atoms. The molecule has 2 heterocycles. The van der Waals surface area contributed by atoms with Crippen LogP contribution in [0.1, 0.15) is 6.42 Å². The summed E-state index contributed by atoms with van der Waals surface area (Å²) in [4.78, 5) is 38.1. The first-order valence-corrected chi connectivity index (χ1v) is 7.85. The van der Waals surface area contributed by atoms with Gasteiger partial charge in [-0.05, 0) is 30.3 Å². The topological polar surface area (TPSA) is 123 Å². The molecule has 2 aromatic heterocycles. The van der Waals surface area contributed by atoms with Crippen LogP contribution in [0, 0.1) is 0 Å². The van der Waals surface area contributed by atoms with Crippen molar-refractivity contribution in [1.82, 2.24) is 20.0 Å². The fourth-order valence-corrected chi connectivity index (χ4v) is 2.63. The van der Waals surface area contributed by atoms with Gasteiger partial charge in [-0.15, -0.1) is 5.10 Å². The summed E-state index contributed by atoms with van der Waals surface area (Å²) in [6.45, 7) is 0.104. The van der Waals surface area contributed by atoms with Crippen LogP contribution in [0.3, 0.4) is 0 Å². The maximum Gasteiger partial charge on any atom is 0.417 e. The maximum atomic E-state index is 12.3. The lowest BCUT2D eigenvalue weighted by atomic mass is 10.2. The first-order valence-electron chi connectivity index (χ1n) is 7.85. The number of aromatic nitrogens is 4. The molecule has 0 saturated carbocycles. The molecule has 0 radical (unpaired) electrons. The Morgan fingerprint density at radius 1 is 1.19 bits per heavy atom. The number of amides is 1. The molecule has 0 saturated heterocycles. The van der Waals surface area contributed by atoms with Crippen LogP contribution in [0.4, 0.5) is 5.69 Å². The monoisotopic (exact) mass is 351 g/mol. The number of anilines is 1. The van der Waals surface area contributed by atoms with Gasteiger partial charge in [-0.25, -0.2) is 9.48 Å². The average Bonchev–Trinajstić information content (AvgIpc) is 3.01. The number of carbonyl (C=O) groups excluding carboxylic acids is 1. The van der Waals surface area contributed by atoms with E-state index < -0.39 is 5.76 Å². The molecule has 4 rings (SSSR count). The third-order valence-corrected chi connectivity index (χ3v) is 3.88.